The minimum atomic E-state index is -3.07. The Labute approximate surface area is 348 Å². The van der Waals surface area contributed by atoms with Gasteiger partial charge in [0.05, 0.1) is 26.4 Å². The summed E-state index contributed by atoms with van der Waals surface area (Å²) in [5.74, 6) is -1.52. The maximum absolute atomic E-state index is 11.6. The highest BCUT2D eigenvalue weighted by molar-refractivity contribution is 7.35. The van der Waals surface area contributed by atoms with E-state index in [2.05, 4.69) is 52.5 Å². The van der Waals surface area contributed by atoms with E-state index in [1.54, 1.807) is 56.1 Å². The third-order valence-electron chi connectivity index (χ3n) is 8.61. The Morgan fingerprint density at radius 2 is 0.702 bits per heavy atom. The van der Waals surface area contributed by atoms with Gasteiger partial charge in [0, 0.05) is 56.8 Å². The lowest BCUT2D eigenvalue weighted by Gasteiger charge is -2.43. The largest absolute Gasteiger partial charge is 0.490 e. The summed E-state index contributed by atoms with van der Waals surface area (Å²) < 4.78 is 57.1. The molecule has 0 rings (SSSR count). The molecule has 14 nitrogen and oxygen atoms in total. The monoisotopic (exact) mass is 894 g/mol. The molecular weight excluding hydrogens is 821 g/mol. The first-order chi connectivity index (χ1) is 26.2. The van der Waals surface area contributed by atoms with E-state index in [4.69, 9.17) is 44.9 Å². The average molecular weight is 895 g/mol. The van der Waals surface area contributed by atoms with Crippen molar-refractivity contribution in [1.82, 2.24) is 0 Å². The van der Waals surface area contributed by atoms with Crippen molar-refractivity contribution in [3.63, 3.8) is 0 Å². The smallest absolute Gasteiger partial charge is 0.462 e. The van der Waals surface area contributed by atoms with Crippen LogP contribution in [-0.4, -0.2) is 120 Å². The van der Waals surface area contributed by atoms with Gasteiger partial charge in [-0.15, -0.1) is 0 Å². The fourth-order valence-corrected chi connectivity index (χ4v) is 31.2. The first-order valence-electron chi connectivity index (χ1n) is 19.1. The molecule has 0 atom stereocenters. The summed E-state index contributed by atoms with van der Waals surface area (Å²) in [4.78, 5) is 45.9. The number of esters is 4. The number of hydrogen-bond acceptors (Lipinski definition) is 14. The fourth-order valence-electron chi connectivity index (χ4n) is 5.56. The molecule has 0 aromatic carbocycles. The summed E-state index contributed by atoms with van der Waals surface area (Å²) in [7, 11) is -5.80. The van der Waals surface area contributed by atoms with Crippen molar-refractivity contribution in [1.29, 1.82) is 0 Å². The van der Waals surface area contributed by atoms with E-state index >= 15 is 0 Å². The molecule has 0 N–H and O–H groups in total. The quantitative estimate of drug-likeness (QED) is 0.0236. The van der Waals surface area contributed by atoms with Crippen LogP contribution < -0.4 is 0 Å². The van der Waals surface area contributed by atoms with Gasteiger partial charge in [0.25, 0.3) is 0 Å². The van der Waals surface area contributed by atoms with Gasteiger partial charge in [-0.25, -0.2) is 19.2 Å². The summed E-state index contributed by atoms with van der Waals surface area (Å²) in [6.07, 6.45) is 2.69. The third kappa shape index (κ3) is 23.2. The number of carbonyl (C=O) groups is 4. The maximum Gasteiger partial charge on any atom is 0.490 e. The molecule has 0 radical (unpaired) electrons. The second-order valence-corrected chi connectivity index (χ2v) is 39.7. The van der Waals surface area contributed by atoms with Crippen LogP contribution in [0.25, 0.3) is 0 Å². The van der Waals surface area contributed by atoms with E-state index < -0.39 is 53.3 Å². The molecule has 19 heteroatoms. The second-order valence-electron chi connectivity index (χ2n) is 15.6. The highest BCUT2D eigenvalue weighted by atomic mass is 29.3. The van der Waals surface area contributed by atoms with Gasteiger partial charge in [0.2, 0.25) is 7.83 Å². The van der Waals surface area contributed by atoms with Crippen molar-refractivity contribution in [2.24, 2.45) is 0 Å². The normalized spacial score (nSPS) is 12.1. The highest BCUT2D eigenvalue weighted by Gasteiger charge is 2.59. The molecule has 0 amide bonds. The molecule has 0 saturated heterocycles. The van der Waals surface area contributed by atoms with E-state index in [-0.39, 0.29) is 25.2 Å². The van der Waals surface area contributed by atoms with E-state index in [0.29, 0.717) is 60.4 Å². The maximum atomic E-state index is 11.6. The summed E-state index contributed by atoms with van der Waals surface area (Å²) in [5.41, 5.74) is 1.55. The number of carbonyl (C=O) groups excluding carboxylic acids is 4. The van der Waals surface area contributed by atoms with Gasteiger partial charge in [0.1, 0.15) is 0 Å². The van der Waals surface area contributed by atoms with Crippen LogP contribution in [0.3, 0.4) is 0 Å². The molecule has 0 bridgehead atoms. The second kappa shape index (κ2) is 27.4. The molecule has 57 heavy (non-hydrogen) atoms. The van der Waals surface area contributed by atoms with Crippen LogP contribution in [0.5, 0.6) is 0 Å². The first-order valence-corrected chi connectivity index (χ1v) is 33.2. The lowest BCUT2D eigenvalue weighted by atomic mass is 10.4. The number of ether oxygens (including phenoxy) is 4. The molecule has 0 aliphatic carbocycles. The van der Waals surface area contributed by atoms with Gasteiger partial charge in [-0.05, 0) is 111 Å². The predicted octanol–water partition coefficient (Wildman–Crippen LogP) is 7.70. The van der Waals surface area contributed by atoms with Gasteiger partial charge >= 0.3 is 40.8 Å². The van der Waals surface area contributed by atoms with Crippen molar-refractivity contribution >= 4 is 65.2 Å². The SMILES string of the molecule is C=C(C)C(=O)OCCC[Si](C)(C)O[Si](C)(C)CCCOC(=O)C(=C)C.C=C(C)C(=O)OCCC[Si](OC)(OC)O[Si](C)(C)[Si](CCCOC(=O)C(=C)C)(OC)OC. The molecule has 0 unspecified atom stereocenters. The van der Waals surface area contributed by atoms with E-state index in [9.17, 15) is 19.2 Å². The molecule has 0 spiro atoms. The van der Waals surface area contributed by atoms with Crippen LogP contribution in [0, 0.1) is 0 Å². The summed E-state index contributed by atoms with van der Waals surface area (Å²) in [6.45, 7) is 34.9. The van der Waals surface area contributed by atoms with Gasteiger partial charge < -0.3 is 44.9 Å². The summed E-state index contributed by atoms with van der Waals surface area (Å²) in [6, 6.07) is 2.93. The predicted molar refractivity (Wildman–Crippen MR) is 235 cm³/mol. The fraction of sp³-hybridized carbons (Fsp3) is 0.684. The third-order valence-corrected chi connectivity index (χ3v) is 34.2. The Morgan fingerprint density at radius 1 is 0.421 bits per heavy atom. The number of hydrogen-bond donors (Lipinski definition) is 0. The van der Waals surface area contributed by atoms with Crippen molar-refractivity contribution in [3.8, 4) is 0 Å². The molecule has 0 saturated carbocycles. The average Bonchev–Trinajstić information content (AvgIpc) is 3.12. The van der Waals surface area contributed by atoms with Crippen LogP contribution in [0.4, 0.5) is 0 Å². The van der Waals surface area contributed by atoms with E-state index in [1.165, 1.54) is 0 Å². The van der Waals surface area contributed by atoms with Gasteiger partial charge in [-0.1, -0.05) is 26.3 Å². The van der Waals surface area contributed by atoms with Crippen molar-refractivity contribution < 1.29 is 64.1 Å². The lowest BCUT2D eigenvalue weighted by molar-refractivity contribution is -0.139. The Morgan fingerprint density at radius 3 is 0.965 bits per heavy atom. The standard InChI is InChI=1S/C20H40O9Si3.C18H34O5Si2/c1-17(2)19(21)27-13-11-15-31(23-5,24-6)29-30(9,10)32(25-7,26-8)16-12-14-28-20(22)18(3)4;1-15(2)17(19)21-11-9-13-24(5,6)23-25(7,8)14-10-12-22-18(20)16(3)4/h1,3,11-16H2,2,4-10H3;1,3,9-14H2,2,4-8H3. The Kier molecular flexibility index (Phi) is 27.3. The number of rotatable bonds is 29. The molecule has 0 aliphatic rings. The van der Waals surface area contributed by atoms with Crippen molar-refractivity contribution in [2.45, 2.75) is 117 Å². The zero-order valence-corrected chi connectivity index (χ0v) is 42.5. The first kappa shape index (κ1) is 56.8. The van der Waals surface area contributed by atoms with Crippen LogP contribution >= 0.6 is 0 Å². The van der Waals surface area contributed by atoms with Crippen LogP contribution in [0.2, 0.25) is 63.5 Å². The minimum absolute atomic E-state index is 0.212. The molecule has 0 aliphatic heterocycles. The van der Waals surface area contributed by atoms with E-state index in [0.717, 1.165) is 24.9 Å². The molecule has 0 heterocycles. The van der Waals surface area contributed by atoms with Crippen LogP contribution in [-0.2, 0) is 64.1 Å². The minimum Gasteiger partial charge on any atom is -0.462 e. The molecule has 0 aromatic rings. The Bertz CT molecular complexity index is 1300. The topological polar surface area (TPSA) is 161 Å². The van der Waals surface area contributed by atoms with Gasteiger partial charge in [-0.2, -0.15) is 0 Å². The van der Waals surface area contributed by atoms with Gasteiger partial charge in [-0.3, -0.25) is 0 Å². The van der Waals surface area contributed by atoms with Gasteiger partial charge in [0.15, 0.2) is 16.6 Å². The van der Waals surface area contributed by atoms with Crippen molar-refractivity contribution in [2.75, 3.05) is 54.9 Å². The molecule has 330 valence electrons. The van der Waals surface area contributed by atoms with E-state index in [1.807, 2.05) is 13.1 Å². The highest BCUT2D eigenvalue weighted by Crippen LogP contribution is 2.32. The zero-order valence-electron chi connectivity index (χ0n) is 37.5. The van der Waals surface area contributed by atoms with Crippen molar-refractivity contribution in [3.05, 3.63) is 48.6 Å². The Balaban J connectivity index is 0. The van der Waals surface area contributed by atoms with Crippen LogP contribution in [0.15, 0.2) is 48.6 Å². The summed E-state index contributed by atoms with van der Waals surface area (Å²) in [5, 5.41) is 0. The molecule has 0 fully saturated rings. The zero-order chi connectivity index (χ0) is 44.7. The lowest BCUT2D eigenvalue weighted by Crippen LogP contribution is -2.69. The van der Waals surface area contributed by atoms with Crippen LogP contribution in [0.1, 0.15) is 53.4 Å². The molecular formula is C38H74O14Si5. The Hall–Kier alpha value is -2.32. The summed E-state index contributed by atoms with van der Waals surface area (Å²) >= 11 is 0. The molecule has 0 aromatic heterocycles.